The van der Waals surface area contributed by atoms with E-state index in [1.54, 1.807) is 24.3 Å². The minimum absolute atomic E-state index is 0.211. The maximum absolute atomic E-state index is 13.5. The summed E-state index contributed by atoms with van der Waals surface area (Å²) in [4.78, 5) is 11.6. The second-order valence-corrected chi connectivity index (χ2v) is 5.68. The van der Waals surface area contributed by atoms with Crippen molar-refractivity contribution in [3.63, 3.8) is 0 Å². The van der Waals surface area contributed by atoms with E-state index in [0.29, 0.717) is 16.9 Å². The Bertz CT molecular complexity index is 571. The smallest absolute Gasteiger partial charge is 0.150 e. The Morgan fingerprint density at radius 2 is 2.06 bits per heavy atom. The summed E-state index contributed by atoms with van der Waals surface area (Å²) < 4.78 is 14.4. The van der Waals surface area contributed by atoms with E-state index in [1.165, 1.54) is 17.8 Å². The maximum Gasteiger partial charge on any atom is 0.150 e. The van der Waals surface area contributed by atoms with Crippen LogP contribution in [0.4, 0.5) is 4.39 Å². The van der Waals surface area contributed by atoms with Crippen LogP contribution in [0.1, 0.15) is 15.9 Å². The third kappa shape index (κ3) is 3.43. The van der Waals surface area contributed by atoms with Gasteiger partial charge in [-0.2, -0.15) is 0 Å². The lowest BCUT2D eigenvalue weighted by atomic mass is 10.2. The molecule has 2 aromatic rings. The molecule has 0 saturated heterocycles. The van der Waals surface area contributed by atoms with Crippen molar-refractivity contribution in [1.82, 2.24) is 0 Å². The normalized spacial score (nSPS) is 10.3. The maximum atomic E-state index is 13.5. The standard InChI is InChI=1S/C14H10BrFOS/c15-12-4-5-14(16)11(7-12)9-18-13-3-1-2-10(6-13)8-17/h1-8H,9H2. The van der Waals surface area contributed by atoms with E-state index in [2.05, 4.69) is 15.9 Å². The fourth-order valence-electron chi connectivity index (χ4n) is 1.49. The summed E-state index contributed by atoms with van der Waals surface area (Å²) in [5.41, 5.74) is 1.28. The number of halogens is 2. The van der Waals surface area contributed by atoms with E-state index in [0.717, 1.165) is 15.7 Å². The molecule has 92 valence electrons. The van der Waals surface area contributed by atoms with Gasteiger partial charge in [-0.1, -0.05) is 28.1 Å². The molecule has 2 aromatic carbocycles. The third-order valence-electron chi connectivity index (χ3n) is 2.40. The van der Waals surface area contributed by atoms with E-state index in [4.69, 9.17) is 0 Å². The van der Waals surface area contributed by atoms with Gasteiger partial charge in [-0.3, -0.25) is 4.79 Å². The van der Waals surface area contributed by atoms with Crippen LogP contribution in [0.2, 0.25) is 0 Å². The first-order valence-corrected chi connectivity index (χ1v) is 7.09. The molecule has 0 heterocycles. The molecule has 0 atom stereocenters. The molecule has 0 fully saturated rings. The molecule has 0 aliphatic heterocycles. The van der Waals surface area contributed by atoms with Gasteiger partial charge in [-0.05, 0) is 35.9 Å². The lowest BCUT2D eigenvalue weighted by Gasteiger charge is -2.04. The molecule has 0 spiro atoms. The molecule has 1 nitrogen and oxygen atoms in total. The fraction of sp³-hybridized carbons (Fsp3) is 0.0714. The minimum Gasteiger partial charge on any atom is -0.298 e. The molecule has 18 heavy (non-hydrogen) atoms. The molecule has 2 rings (SSSR count). The van der Waals surface area contributed by atoms with Crippen molar-refractivity contribution in [2.24, 2.45) is 0 Å². The van der Waals surface area contributed by atoms with E-state index < -0.39 is 0 Å². The SMILES string of the molecule is O=Cc1cccc(SCc2cc(Br)ccc2F)c1. The molecule has 0 saturated carbocycles. The molecule has 0 bridgehead atoms. The van der Waals surface area contributed by atoms with Crippen molar-refractivity contribution in [3.05, 3.63) is 63.9 Å². The molecule has 0 unspecified atom stereocenters. The van der Waals surface area contributed by atoms with E-state index in [1.807, 2.05) is 12.1 Å². The largest absolute Gasteiger partial charge is 0.298 e. The van der Waals surface area contributed by atoms with Gasteiger partial charge >= 0.3 is 0 Å². The number of carbonyl (C=O) groups excluding carboxylic acids is 1. The first-order chi connectivity index (χ1) is 8.69. The number of hydrogen-bond donors (Lipinski definition) is 0. The van der Waals surface area contributed by atoms with Crippen molar-refractivity contribution in [2.75, 3.05) is 0 Å². The average Bonchev–Trinajstić information content (AvgIpc) is 2.40. The molecule has 0 radical (unpaired) electrons. The van der Waals surface area contributed by atoms with Gasteiger partial charge in [0, 0.05) is 20.7 Å². The quantitative estimate of drug-likeness (QED) is 0.599. The minimum atomic E-state index is -0.211. The Kier molecular flexibility index (Phi) is 4.55. The van der Waals surface area contributed by atoms with Crippen molar-refractivity contribution in [1.29, 1.82) is 0 Å². The molecule has 0 aliphatic rings. The highest BCUT2D eigenvalue weighted by atomic mass is 79.9. The van der Waals surface area contributed by atoms with E-state index in [-0.39, 0.29) is 5.82 Å². The monoisotopic (exact) mass is 324 g/mol. The zero-order valence-corrected chi connectivity index (χ0v) is 11.8. The van der Waals surface area contributed by atoms with Crippen LogP contribution in [-0.2, 0) is 5.75 Å². The highest BCUT2D eigenvalue weighted by molar-refractivity contribution is 9.10. The predicted molar refractivity (Wildman–Crippen MR) is 75.5 cm³/mol. The zero-order chi connectivity index (χ0) is 13.0. The first-order valence-electron chi connectivity index (χ1n) is 5.31. The Morgan fingerprint density at radius 3 is 2.83 bits per heavy atom. The zero-order valence-electron chi connectivity index (χ0n) is 9.40. The Hall–Kier alpha value is -1.13. The molecular weight excluding hydrogens is 315 g/mol. The van der Waals surface area contributed by atoms with Crippen LogP contribution >= 0.6 is 27.7 Å². The number of benzene rings is 2. The lowest BCUT2D eigenvalue weighted by molar-refractivity contribution is 0.112. The van der Waals surface area contributed by atoms with E-state index >= 15 is 0 Å². The number of carbonyl (C=O) groups is 1. The van der Waals surface area contributed by atoms with Gasteiger partial charge in [0.2, 0.25) is 0 Å². The number of thioether (sulfide) groups is 1. The van der Waals surface area contributed by atoms with Gasteiger partial charge in [0.25, 0.3) is 0 Å². The molecule has 0 aromatic heterocycles. The number of hydrogen-bond acceptors (Lipinski definition) is 2. The first kappa shape index (κ1) is 13.3. The third-order valence-corrected chi connectivity index (χ3v) is 3.93. The Morgan fingerprint density at radius 1 is 1.22 bits per heavy atom. The molecule has 0 N–H and O–H groups in total. The summed E-state index contributed by atoms with van der Waals surface area (Å²) in [6.07, 6.45) is 0.809. The van der Waals surface area contributed by atoms with Gasteiger partial charge in [-0.25, -0.2) is 4.39 Å². The highest BCUT2D eigenvalue weighted by Crippen LogP contribution is 2.26. The summed E-state index contributed by atoms with van der Waals surface area (Å²) in [5, 5.41) is 0. The van der Waals surface area contributed by atoms with Crippen LogP contribution in [-0.4, -0.2) is 6.29 Å². The molecule has 0 aliphatic carbocycles. The molecular formula is C14H10BrFOS. The van der Waals surface area contributed by atoms with Crippen molar-refractivity contribution in [3.8, 4) is 0 Å². The molecule has 0 amide bonds. The van der Waals surface area contributed by atoms with Gasteiger partial charge in [0.15, 0.2) is 0 Å². The van der Waals surface area contributed by atoms with Crippen LogP contribution in [0.5, 0.6) is 0 Å². The summed E-state index contributed by atoms with van der Waals surface area (Å²) >= 11 is 4.83. The fourth-order valence-corrected chi connectivity index (χ4v) is 2.84. The second-order valence-electron chi connectivity index (χ2n) is 3.71. The number of rotatable bonds is 4. The lowest BCUT2D eigenvalue weighted by Crippen LogP contribution is -1.88. The highest BCUT2D eigenvalue weighted by Gasteiger charge is 2.04. The molecule has 4 heteroatoms. The van der Waals surface area contributed by atoms with Crippen molar-refractivity contribution >= 4 is 34.0 Å². The average molecular weight is 325 g/mol. The van der Waals surface area contributed by atoms with Crippen LogP contribution in [0.3, 0.4) is 0 Å². The Labute approximate surface area is 118 Å². The predicted octanol–water partition coefficient (Wildman–Crippen LogP) is 4.69. The summed E-state index contributed by atoms with van der Waals surface area (Å²) in [6, 6.07) is 12.2. The number of aldehydes is 1. The summed E-state index contributed by atoms with van der Waals surface area (Å²) in [5.74, 6) is 0.324. The summed E-state index contributed by atoms with van der Waals surface area (Å²) in [7, 11) is 0. The van der Waals surface area contributed by atoms with E-state index in [9.17, 15) is 9.18 Å². The van der Waals surface area contributed by atoms with Crippen molar-refractivity contribution < 1.29 is 9.18 Å². The van der Waals surface area contributed by atoms with Gasteiger partial charge in [-0.15, -0.1) is 11.8 Å². The van der Waals surface area contributed by atoms with Crippen LogP contribution in [0, 0.1) is 5.82 Å². The van der Waals surface area contributed by atoms with Crippen LogP contribution in [0.25, 0.3) is 0 Å². The summed E-state index contributed by atoms with van der Waals surface area (Å²) in [6.45, 7) is 0. The van der Waals surface area contributed by atoms with Gasteiger partial charge in [0.05, 0.1) is 0 Å². The topological polar surface area (TPSA) is 17.1 Å². The Balaban J connectivity index is 2.11. The second kappa shape index (κ2) is 6.16. The van der Waals surface area contributed by atoms with Crippen LogP contribution in [0.15, 0.2) is 51.8 Å². The van der Waals surface area contributed by atoms with Gasteiger partial charge in [0.1, 0.15) is 12.1 Å². The van der Waals surface area contributed by atoms with Crippen molar-refractivity contribution in [2.45, 2.75) is 10.6 Å². The van der Waals surface area contributed by atoms with Crippen LogP contribution < -0.4 is 0 Å². The van der Waals surface area contributed by atoms with Gasteiger partial charge < -0.3 is 0 Å².